The first-order valence-electron chi connectivity index (χ1n) is 7.64. The Bertz CT molecular complexity index is 206. The fourth-order valence-electron chi connectivity index (χ4n) is 2.17. The molecule has 0 aromatic rings. The van der Waals surface area contributed by atoms with Crippen molar-refractivity contribution in [2.24, 2.45) is 16.2 Å². The van der Waals surface area contributed by atoms with Gasteiger partial charge in [-0.15, -0.1) is 0 Å². The van der Waals surface area contributed by atoms with Gasteiger partial charge in [0, 0.05) is 6.42 Å². The largest absolute Gasteiger partial charge is 0.389 e. The summed E-state index contributed by atoms with van der Waals surface area (Å²) in [5.41, 5.74) is 0. The zero-order valence-corrected chi connectivity index (χ0v) is 13.4. The SMILES string of the molecule is N[Si](N)(N)CCCCCCCCCCCCC(F)(F)F. The number of alkyl halides is 3. The third kappa shape index (κ3) is 17.9. The number of nitrogens with two attached hydrogens (primary N) is 3. The van der Waals surface area contributed by atoms with Gasteiger partial charge in [0.25, 0.3) is 8.56 Å². The molecule has 7 heteroatoms. The third-order valence-electron chi connectivity index (χ3n) is 3.32. The minimum atomic E-state index is -3.99. The zero-order chi connectivity index (χ0) is 15.5. The van der Waals surface area contributed by atoms with Crippen LogP contribution in [0.3, 0.4) is 0 Å². The molecule has 3 nitrogen and oxygen atoms in total. The molecule has 0 aromatic carbocycles. The molecule has 0 saturated heterocycles. The van der Waals surface area contributed by atoms with Gasteiger partial charge in [0.05, 0.1) is 0 Å². The van der Waals surface area contributed by atoms with Crippen LogP contribution in [0.25, 0.3) is 0 Å². The van der Waals surface area contributed by atoms with Crippen LogP contribution in [0.5, 0.6) is 0 Å². The third-order valence-corrected chi connectivity index (χ3v) is 4.54. The van der Waals surface area contributed by atoms with E-state index in [-0.39, 0.29) is 6.42 Å². The summed E-state index contributed by atoms with van der Waals surface area (Å²) in [7, 11) is -2.34. The van der Waals surface area contributed by atoms with Gasteiger partial charge in [0.15, 0.2) is 0 Å². The molecule has 0 aliphatic heterocycles. The quantitative estimate of drug-likeness (QED) is 0.380. The molecule has 0 aliphatic rings. The monoisotopic (exact) mass is 313 g/mol. The van der Waals surface area contributed by atoms with Crippen LogP contribution in [0.1, 0.15) is 70.6 Å². The summed E-state index contributed by atoms with van der Waals surface area (Å²) in [6.07, 6.45) is 5.04. The van der Waals surface area contributed by atoms with Gasteiger partial charge in [-0.3, -0.25) is 0 Å². The molecule has 0 spiro atoms. The van der Waals surface area contributed by atoms with E-state index in [2.05, 4.69) is 0 Å². The zero-order valence-electron chi connectivity index (χ0n) is 12.4. The van der Waals surface area contributed by atoms with Gasteiger partial charge >= 0.3 is 6.18 Å². The standard InChI is InChI=1S/C13H30F3N3Si/c14-13(15,16)11-9-7-5-3-1-2-4-6-8-10-12-20(17,18)19/h1-12,17-19H2. The topological polar surface area (TPSA) is 78.1 Å². The highest BCUT2D eigenvalue weighted by atomic mass is 28.4. The molecule has 0 amide bonds. The van der Waals surface area contributed by atoms with Gasteiger partial charge in [-0.05, 0) is 12.5 Å². The number of hydrogen-bond donors (Lipinski definition) is 3. The summed E-state index contributed by atoms with van der Waals surface area (Å²) in [5, 5.41) is 16.8. The first-order chi connectivity index (χ1) is 9.21. The molecular formula is C13H30F3N3Si. The summed E-state index contributed by atoms with van der Waals surface area (Å²) in [6.45, 7) is 0. The number of halogens is 3. The van der Waals surface area contributed by atoms with Gasteiger partial charge < -0.3 is 16.2 Å². The van der Waals surface area contributed by atoms with E-state index in [1.807, 2.05) is 0 Å². The number of rotatable bonds is 12. The Morgan fingerprint density at radius 3 is 1.30 bits per heavy atom. The van der Waals surface area contributed by atoms with Gasteiger partial charge in [-0.1, -0.05) is 57.8 Å². The molecule has 0 fully saturated rings. The summed E-state index contributed by atoms with van der Waals surface area (Å²) >= 11 is 0. The summed E-state index contributed by atoms with van der Waals surface area (Å²) in [6, 6.07) is 0.770. The van der Waals surface area contributed by atoms with Crippen LogP contribution >= 0.6 is 0 Å². The van der Waals surface area contributed by atoms with Crippen molar-refractivity contribution in [2.75, 3.05) is 0 Å². The summed E-state index contributed by atoms with van der Waals surface area (Å²) in [4.78, 5) is 0. The van der Waals surface area contributed by atoms with Crippen LogP contribution in [0.2, 0.25) is 6.04 Å². The molecule has 0 bridgehead atoms. The smallest absolute Gasteiger partial charge is 0.327 e. The number of hydrogen-bond acceptors (Lipinski definition) is 3. The highest BCUT2D eigenvalue weighted by molar-refractivity contribution is 6.70. The van der Waals surface area contributed by atoms with Gasteiger partial charge in [-0.25, -0.2) is 0 Å². The molecule has 122 valence electrons. The van der Waals surface area contributed by atoms with Crippen LogP contribution in [0.4, 0.5) is 13.2 Å². The minimum absolute atomic E-state index is 0.270. The highest BCUT2D eigenvalue weighted by Gasteiger charge is 2.25. The molecule has 0 rings (SSSR count). The Balaban J connectivity index is 3.10. The normalized spacial score (nSPS) is 12.9. The first-order valence-corrected chi connectivity index (χ1v) is 10.1. The van der Waals surface area contributed by atoms with Crippen molar-refractivity contribution >= 4 is 8.56 Å². The Morgan fingerprint density at radius 2 is 0.950 bits per heavy atom. The van der Waals surface area contributed by atoms with E-state index in [1.54, 1.807) is 0 Å². The second kappa shape index (κ2) is 10.6. The van der Waals surface area contributed by atoms with Gasteiger partial charge in [-0.2, -0.15) is 13.2 Å². The molecular weight excluding hydrogens is 283 g/mol. The van der Waals surface area contributed by atoms with E-state index < -0.39 is 21.2 Å². The maximum atomic E-state index is 11.9. The predicted molar refractivity (Wildman–Crippen MR) is 80.0 cm³/mol. The minimum Gasteiger partial charge on any atom is -0.327 e. The lowest BCUT2D eigenvalue weighted by molar-refractivity contribution is -0.135. The van der Waals surface area contributed by atoms with Crippen LogP contribution in [0, 0.1) is 0 Å². The lowest BCUT2D eigenvalue weighted by atomic mass is 10.1. The average molecular weight is 313 g/mol. The van der Waals surface area contributed by atoms with E-state index in [0.717, 1.165) is 44.6 Å². The van der Waals surface area contributed by atoms with Gasteiger partial charge in [0.1, 0.15) is 0 Å². The van der Waals surface area contributed by atoms with Crippen molar-refractivity contribution in [3.8, 4) is 0 Å². The predicted octanol–water partition coefficient (Wildman–Crippen LogP) is 3.65. The van der Waals surface area contributed by atoms with Crippen LogP contribution in [-0.2, 0) is 0 Å². The average Bonchev–Trinajstić information content (AvgIpc) is 2.27. The lowest BCUT2D eigenvalue weighted by Gasteiger charge is -2.13. The van der Waals surface area contributed by atoms with Crippen molar-refractivity contribution in [3.63, 3.8) is 0 Å². The number of unbranched alkanes of at least 4 members (excludes halogenated alkanes) is 9. The molecule has 0 atom stereocenters. The second-order valence-corrected chi connectivity index (χ2v) is 8.49. The van der Waals surface area contributed by atoms with Crippen molar-refractivity contribution in [2.45, 2.75) is 82.8 Å². The second-order valence-electron chi connectivity index (χ2n) is 5.76. The van der Waals surface area contributed by atoms with Crippen molar-refractivity contribution in [1.29, 1.82) is 0 Å². The summed E-state index contributed by atoms with van der Waals surface area (Å²) < 4.78 is 35.7. The Kier molecular flexibility index (Phi) is 10.5. The Morgan fingerprint density at radius 1 is 0.600 bits per heavy atom. The van der Waals surface area contributed by atoms with Crippen molar-refractivity contribution in [3.05, 3.63) is 0 Å². The first kappa shape index (κ1) is 19.9. The molecule has 0 aliphatic carbocycles. The van der Waals surface area contributed by atoms with E-state index in [4.69, 9.17) is 16.2 Å². The fourth-order valence-corrected chi connectivity index (χ4v) is 3.03. The molecule has 0 saturated carbocycles. The molecule has 0 radical (unpaired) electrons. The van der Waals surface area contributed by atoms with Crippen molar-refractivity contribution in [1.82, 2.24) is 0 Å². The van der Waals surface area contributed by atoms with Gasteiger partial charge in [0.2, 0.25) is 0 Å². The Labute approximate surface area is 121 Å². The highest BCUT2D eigenvalue weighted by Crippen LogP contribution is 2.23. The molecule has 0 unspecified atom stereocenters. The van der Waals surface area contributed by atoms with E-state index in [0.29, 0.717) is 6.42 Å². The fraction of sp³-hybridized carbons (Fsp3) is 1.00. The van der Waals surface area contributed by atoms with E-state index in [1.165, 1.54) is 12.8 Å². The van der Waals surface area contributed by atoms with Crippen LogP contribution in [0.15, 0.2) is 0 Å². The molecule has 6 N–H and O–H groups in total. The van der Waals surface area contributed by atoms with E-state index >= 15 is 0 Å². The maximum absolute atomic E-state index is 11.9. The van der Waals surface area contributed by atoms with Crippen LogP contribution in [-0.4, -0.2) is 14.7 Å². The lowest BCUT2D eigenvalue weighted by Crippen LogP contribution is -2.64. The summed E-state index contributed by atoms with van der Waals surface area (Å²) in [5.74, 6) is 0. The maximum Gasteiger partial charge on any atom is 0.389 e. The Hall–Kier alpha value is -0.113. The van der Waals surface area contributed by atoms with E-state index in [9.17, 15) is 13.2 Å². The molecule has 20 heavy (non-hydrogen) atoms. The van der Waals surface area contributed by atoms with Crippen molar-refractivity contribution < 1.29 is 13.2 Å². The van der Waals surface area contributed by atoms with Crippen LogP contribution < -0.4 is 16.2 Å². The molecule has 0 heterocycles. The molecule has 0 aromatic heterocycles.